The third kappa shape index (κ3) is 49.0. The van der Waals surface area contributed by atoms with E-state index in [1.54, 1.807) is 128 Å². The van der Waals surface area contributed by atoms with E-state index in [4.69, 9.17) is 41.3 Å². The van der Waals surface area contributed by atoms with Gasteiger partial charge in [0.15, 0.2) is 31.5 Å². The number of hydrogen-bond donors (Lipinski definition) is 0. The molecule has 0 aliphatic carbocycles. The van der Waals surface area contributed by atoms with Crippen molar-refractivity contribution in [2.75, 3.05) is 28.6 Å². The van der Waals surface area contributed by atoms with Crippen LogP contribution in [0.5, 0.6) is 28.7 Å². The van der Waals surface area contributed by atoms with Gasteiger partial charge in [0.2, 0.25) is 10.7 Å². The number of alkyl halides is 3. The van der Waals surface area contributed by atoms with Crippen molar-refractivity contribution in [2.24, 2.45) is 0 Å². The zero-order valence-electron chi connectivity index (χ0n) is 35.1. The second kappa shape index (κ2) is 55.6. The van der Waals surface area contributed by atoms with Crippen LogP contribution in [0, 0.1) is 0 Å². The molecule has 0 N–H and O–H groups in total. The van der Waals surface area contributed by atoms with Crippen LogP contribution < -0.4 is 22.6 Å². The van der Waals surface area contributed by atoms with Crippen LogP contribution >= 0.6 is 104 Å². The first kappa shape index (κ1) is 73.8. The fourth-order valence-electron chi connectivity index (χ4n) is 3.22. The molecule has 0 saturated heterocycles. The van der Waals surface area contributed by atoms with Crippen LogP contribution in [0.15, 0.2) is 146 Å². The van der Waals surface area contributed by atoms with E-state index >= 15 is 0 Å². The minimum atomic E-state index is -2.18. The molecule has 65 heavy (non-hydrogen) atoms. The van der Waals surface area contributed by atoms with Crippen LogP contribution in [0.1, 0.15) is 63.3 Å². The monoisotopic (exact) mass is 1180 g/mol. The van der Waals surface area contributed by atoms with Crippen molar-refractivity contribution in [1.82, 2.24) is 0 Å². The van der Waals surface area contributed by atoms with Crippen molar-refractivity contribution < 1.29 is 50.0 Å². The highest BCUT2D eigenvalue weighted by Gasteiger charge is 2.24. The minimum absolute atomic E-state index is 0. The molecule has 2 unspecified atom stereocenters. The van der Waals surface area contributed by atoms with E-state index in [1.807, 2.05) is 58.9 Å². The topological polar surface area (TPSA) is 149 Å². The molecular formula is C44H64Br2Cl2O11P6+4. The Bertz CT molecular complexity index is 1700. The van der Waals surface area contributed by atoms with Crippen LogP contribution in [0.25, 0.3) is 0 Å². The highest BCUT2D eigenvalue weighted by molar-refractivity contribution is 9.10. The van der Waals surface area contributed by atoms with Crippen molar-refractivity contribution in [3.05, 3.63) is 151 Å². The molecule has 0 radical (unpaired) electrons. The molecule has 0 heterocycles. The van der Waals surface area contributed by atoms with Gasteiger partial charge < -0.3 is 4.52 Å². The molecule has 0 fully saturated rings. The van der Waals surface area contributed by atoms with Gasteiger partial charge in [-0.15, -0.1) is 0 Å². The molecule has 2 atom stereocenters. The smallest absolute Gasteiger partial charge is 0.408 e. The van der Waals surface area contributed by atoms with Gasteiger partial charge in [0, 0.05) is 14.2 Å². The van der Waals surface area contributed by atoms with E-state index in [1.165, 1.54) is 0 Å². The van der Waals surface area contributed by atoms with Gasteiger partial charge >= 0.3 is 40.8 Å². The summed E-state index contributed by atoms with van der Waals surface area (Å²) in [5, 5.41) is 1.64. The van der Waals surface area contributed by atoms with Crippen molar-refractivity contribution in [2.45, 2.75) is 63.3 Å². The fourth-order valence-corrected chi connectivity index (χ4v) is 6.94. The number of hydrogen-bond acceptors (Lipinski definition) is 11. The summed E-state index contributed by atoms with van der Waals surface area (Å²) < 4.78 is 87.5. The summed E-state index contributed by atoms with van der Waals surface area (Å²) in [6, 6.07) is 42.4. The maximum absolute atomic E-state index is 11.5. The van der Waals surface area contributed by atoms with Crippen LogP contribution in [0.2, 0.25) is 5.02 Å². The van der Waals surface area contributed by atoms with Gasteiger partial charge in [-0.2, -0.15) is 0 Å². The molecule has 360 valence electrons. The van der Waals surface area contributed by atoms with E-state index in [0.717, 1.165) is 12.6 Å². The van der Waals surface area contributed by atoms with Crippen molar-refractivity contribution >= 4 is 104 Å². The molecule has 21 heteroatoms. The molecule has 5 aromatic carbocycles. The molecule has 0 aliphatic rings. The Kier molecular flexibility index (Phi) is 63.1. The normalized spacial score (nSPS) is 8.95. The number of rotatable bonds is 15. The molecule has 5 rings (SSSR count). The summed E-state index contributed by atoms with van der Waals surface area (Å²) in [4.78, 5) is 0. The zero-order chi connectivity index (χ0) is 47.2. The Balaban J connectivity index is -0.000000166. The lowest BCUT2D eigenvalue weighted by atomic mass is 10.3. The predicted molar refractivity (Wildman–Crippen MR) is 288 cm³/mol. The van der Waals surface area contributed by atoms with E-state index in [2.05, 4.69) is 36.4 Å². The van der Waals surface area contributed by atoms with Crippen LogP contribution in [0.4, 0.5) is 0 Å². The third-order valence-corrected chi connectivity index (χ3v) is 12.2. The molecular weight excluding hydrogens is 1120 g/mol. The molecule has 0 bridgehead atoms. The Morgan fingerprint density at radius 1 is 0.554 bits per heavy atom. The summed E-state index contributed by atoms with van der Waals surface area (Å²) in [7, 11) is -6.56. The largest absolute Gasteiger partial charge is 0.805 e. The van der Waals surface area contributed by atoms with Crippen LogP contribution in [0.3, 0.4) is 0 Å². The maximum atomic E-state index is 11.5. The number of para-hydroxylation sites is 4. The number of halogens is 4. The van der Waals surface area contributed by atoms with E-state index in [0.29, 0.717) is 43.9 Å². The Labute approximate surface area is 422 Å². The lowest BCUT2D eigenvalue weighted by Gasteiger charge is -1.93. The average molecular weight is 1190 g/mol. The summed E-state index contributed by atoms with van der Waals surface area (Å²) in [5.41, 5.74) is 0.264. The predicted octanol–water partition coefficient (Wildman–Crippen LogP) is 20.3. The molecule has 5 aromatic rings. The quantitative estimate of drug-likeness (QED) is 0.0728. The summed E-state index contributed by atoms with van der Waals surface area (Å²) in [6.07, 6.45) is 1.93. The minimum Gasteiger partial charge on any atom is -0.408 e. The summed E-state index contributed by atoms with van der Waals surface area (Å²) in [6.45, 7) is 11.8. The Morgan fingerprint density at radius 3 is 1.05 bits per heavy atom. The van der Waals surface area contributed by atoms with Gasteiger partial charge in [-0.05, 0) is 89.1 Å². The number of benzene rings is 5. The fraction of sp³-hybridized carbons (Fsp3) is 0.318. The van der Waals surface area contributed by atoms with Crippen LogP contribution in [-0.4, -0.2) is 28.6 Å². The summed E-state index contributed by atoms with van der Waals surface area (Å²) >= 11 is 16.7. The highest BCUT2D eigenvalue weighted by atomic mass is 79.9. The van der Waals surface area contributed by atoms with Gasteiger partial charge in [-0.3, -0.25) is 4.57 Å². The molecule has 0 saturated carbocycles. The van der Waals surface area contributed by atoms with Crippen molar-refractivity contribution in [1.29, 1.82) is 0 Å². The van der Waals surface area contributed by atoms with Gasteiger partial charge in [-0.1, -0.05) is 184 Å². The first-order chi connectivity index (χ1) is 30.0. The van der Waals surface area contributed by atoms with E-state index in [-0.39, 0.29) is 45.0 Å². The van der Waals surface area contributed by atoms with E-state index < -0.39 is 32.1 Å². The molecule has 0 amide bonds. The lowest BCUT2D eigenvalue weighted by Crippen LogP contribution is -1.87. The summed E-state index contributed by atoms with van der Waals surface area (Å²) in [5.74, 6) is 2.61. The molecule has 0 spiro atoms. The first-order valence-electron chi connectivity index (χ1n) is 18.4. The standard InChI is InChI=1S/2C12H10O3P.C6H4ClO2P.C4H10OP.C2H4BrClOP.2C2H6.CH2BrOP.3CH4/c2*13-16(14-11-7-3-1-4-8-11)15-12-9-5-2-6-10-12;7-5-2-1-3-6(4-5)9-10-8;1-3-4-6(2)5;3-1-6(5)2-4;2*1-2;2-1-4-3;;;/h2*1-10H;1-4H;3-4H2,1-2H3;1-2H2;2*1-2H3;1H2;3*1H4/q2*+1;;2*+1;;;;;;. The van der Waals surface area contributed by atoms with Gasteiger partial charge in [0.1, 0.15) is 18.6 Å². The average Bonchev–Trinajstić information content (AvgIpc) is 3.30. The SMILES string of the molecule is C.C.C.CC.CC.CCC[P+](C)=O.O=PCBr.O=POc1cccc(Cl)c1.O=[P+](CCl)CBr.O=[P+](Oc1ccccc1)Oc1ccccc1.O=[P+](Oc1ccccc1)Oc1ccccc1. The molecule has 0 aromatic heterocycles. The Morgan fingerprint density at radius 2 is 0.862 bits per heavy atom. The maximum Gasteiger partial charge on any atom is 0.805 e. The zero-order valence-corrected chi connectivity index (χ0v) is 45.1. The highest BCUT2D eigenvalue weighted by Crippen LogP contribution is 2.31. The first-order valence-corrected chi connectivity index (χ1v) is 29.0. The molecule has 11 nitrogen and oxygen atoms in total. The Hall–Kier alpha value is -2.76. The third-order valence-electron chi connectivity index (χ3n) is 5.49. The van der Waals surface area contributed by atoms with Gasteiger partial charge in [-0.25, -0.2) is 22.7 Å². The lowest BCUT2D eigenvalue weighted by molar-refractivity contribution is 0.414. The molecule has 0 aliphatic heterocycles. The van der Waals surface area contributed by atoms with E-state index in [9.17, 15) is 27.4 Å². The second-order valence-corrected chi connectivity index (χ2v) is 19.8. The van der Waals surface area contributed by atoms with Gasteiger partial charge in [0.05, 0.1) is 5.07 Å². The van der Waals surface area contributed by atoms with Crippen LogP contribution in [-0.2, 0) is 27.4 Å². The van der Waals surface area contributed by atoms with Crippen molar-refractivity contribution in [3.63, 3.8) is 0 Å². The van der Waals surface area contributed by atoms with Crippen molar-refractivity contribution in [3.8, 4) is 28.7 Å². The van der Waals surface area contributed by atoms with Gasteiger partial charge in [0.25, 0.3) is 0 Å². The second-order valence-electron chi connectivity index (χ2n) is 10.0.